The number of carboxylic acid groups (broad SMARTS) is 1. The number of amides is 2. The van der Waals surface area contributed by atoms with Crippen molar-refractivity contribution in [1.29, 1.82) is 0 Å². The van der Waals surface area contributed by atoms with Gasteiger partial charge in [-0.15, -0.1) is 0 Å². The van der Waals surface area contributed by atoms with Gasteiger partial charge in [0.05, 0.1) is 19.8 Å². The number of nitrogens with one attached hydrogen (secondary N) is 2. The predicted molar refractivity (Wildman–Crippen MR) is 137 cm³/mol. The Balaban J connectivity index is 1.98. The van der Waals surface area contributed by atoms with Crippen LogP contribution in [0.1, 0.15) is 26.3 Å². The molecular formula is C26H38N2O13. The highest BCUT2D eigenvalue weighted by atomic mass is 16.7. The van der Waals surface area contributed by atoms with E-state index in [1.54, 1.807) is 24.3 Å². The highest BCUT2D eigenvalue weighted by Crippen LogP contribution is 2.32. The summed E-state index contributed by atoms with van der Waals surface area (Å²) in [7, 11) is 0. The Kier molecular flexibility index (Phi) is 12.0. The highest BCUT2D eigenvalue weighted by molar-refractivity contribution is 5.74. The molecule has 2 fully saturated rings. The molecule has 7 N–H and O–H groups in total. The number of hydrogen-bond donors (Lipinski definition) is 7. The SMILES string of the molecule is CC(=O)N[C@H]1[C@H](OC2[C@@H](CO)O[C@H](OCc3ccccc3)[C@H](NC(C)=O)[C@H]2OC(C)C(=O)O)O[C@H](CO)[C@@H](O)[C@@H]1O. The average molecular weight is 587 g/mol. The number of carboxylic acids is 1. The Labute approximate surface area is 236 Å². The van der Waals surface area contributed by atoms with Gasteiger partial charge in [-0.3, -0.25) is 9.59 Å². The molecule has 2 amide bonds. The van der Waals surface area contributed by atoms with Crippen LogP contribution >= 0.6 is 0 Å². The zero-order valence-corrected chi connectivity index (χ0v) is 22.9. The summed E-state index contributed by atoms with van der Waals surface area (Å²) in [6.07, 6.45) is -12.7. The summed E-state index contributed by atoms with van der Waals surface area (Å²) < 4.78 is 29.5. The lowest BCUT2D eigenvalue weighted by molar-refractivity contribution is -0.339. The number of aliphatic hydroxyl groups is 4. The zero-order chi connectivity index (χ0) is 30.3. The van der Waals surface area contributed by atoms with E-state index in [0.29, 0.717) is 0 Å². The third kappa shape index (κ3) is 8.41. The Hall–Kier alpha value is -2.73. The van der Waals surface area contributed by atoms with E-state index in [-0.39, 0.29) is 6.61 Å². The standard InChI is InChI=1S/C26H38N2O13/c1-12(24(35)36)38-23-19(28-14(3)32)25(37-11-15-7-5-4-6-8-15)40-17(10-30)22(23)41-26-18(27-13(2)31)21(34)20(33)16(9-29)39-26/h4-8,12,16-23,25-26,29-30,33-34H,9-11H2,1-3H3,(H,27,31)(H,28,32)(H,35,36)/t12?,16-,17-,18-,19-,20-,21-,22?,23-,25+,26+/m1/s1. The molecule has 0 aromatic heterocycles. The zero-order valence-electron chi connectivity index (χ0n) is 22.9. The first-order valence-corrected chi connectivity index (χ1v) is 13.1. The maximum Gasteiger partial charge on any atom is 0.332 e. The van der Waals surface area contributed by atoms with E-state index in [0.717, 1.165) is 12.5 Å². The van der Waals surface area contributed by atoms with E-state index < -0.39 is 98.4 Å². The van der Waals surface area contributed by atoms with Gasteiger partial charge in [0.2, 0.25) is 11.8 Å². The van der Waals surface area contributed by atoms with E-state index >= 15 is 0 Å². The Bertz CT molecular complexity index is 1010. The Morgan fingerprint density at radius 3 is 2.02 bits per heavy atom. The fraction of sp³-hybridized carbons (Fsp3) is 0.654. The van der Waals surface area contributed by atoms with Gasteiger partial charge in [-0.05, 0) is 12.5 Å². The lowest BCUT2D eigenvalue weighted by Gasteiger charge is -2.49. The highest BCUT2D eigenvalue weighted by Gasteiger charge is 2.53. The molecule has 2 heterocycles. The maximum absolute atomic E-state index is 12.2. The molecule has 1 aromatic rings. The molecule has 0 bridgehead atoms. The number of benzene rings is 1. The second-order valence-electron chi connectivity index (χ2n) is 9.86. The van der Waals surface area contributed by atoms with E-state index in [4.69, 9.17) is 23.7 Å². The summed E-state index contributed by atoms with van der Waals surface area (Å²) >= 11 is 0. The van der Waals surface area contributed by atoms with Gasteiger partial charge in [-0.25, -0.2) is 4.79 Å². The fourth-order valence-corrected chi connectivity index (χ4v) is 4.70. The first kappa shape index (κ1) is 32.8. The van der Waals surface area contributed by atoms with Crippen LogP contribution in [0.4, 0.5) is 0 Å². The van der Waals surface area contributed by atoms with Gasteiger partial charge in [0.1, 0.15) is 48.7 Å². The topological polar surface area (TPSA) is 223 Å². The second-order valence-corrected chi connectivity index (χ2v) is 9.86. The minimum absolute atomic E-state index is 0.0328. The van der Waals surface area contributed by atoms with Crippen LogP contribution in [0.15, 0.2) is 30.3 Å². The molecule has 1 aromatic carbocycles. The van der Waals surface area contributed by atoms with Gasteiger partial charge in [-0.2, -0.15) is 0 Å². The normalized spacial score (nSPS) is 34.4. The quantitative estimate of drug-likeness (QED) is 0.136. The molecule has 2 unspecified atom stereocenters. The molecule has 230 valence electrons. The van der Waals surface area contributed by atoms with Crippen molar-refractivity contribution in [3.8, 4) is 0 Å². The summed E-state index contributed by atoms with van der Waals surface area (Å²) in [6, 6.07) is 6.49. The molecule has 2 aliphatic heterocycles. The van der Waals surface area contributed by atoms with Crippen molar-refractivity contribution < 1.29 is 63.6 Å². The molecule has 3 rings (SSSR count). The van der Waals surface area contributed by atoms with Crippen molar-refractivity contribution in [2.24, 2.45) is 0 Å². The number of aliphatic carboxylic acids is 1. The summed E-state index contributed by atoms with van der Waals surface area (Å²) in [5.41, 5.74) is 0.768. The van der Waals surface area contributed by atoms with Crippen molar-refractivity contribution in [3.05, 3.63) is 35.9 Å². The minimum atomic E-state index is -1.64. The van der Waals surface area contributed by atoms with E-state index in [2.05, 4.69) is 10.6 Å². The number of aliphatic hydroxyl groups excluding tert-OH is 4. The molecular weight excluding hydrogens is 548 g/mol. The van der Waals surface area contributed by atoms with Crippen molar-refractivity contribution in [1.82, 2.24) is 10.6 Å². The van der Waals surface area contributed by atoms with Crippen LogP contribution in [0.2, 0.25) is 0 Å². The van der Waals surface area contributed by atoms with Crippen LogP contribution in [0.25, 0.3) is 0 Å². The van der Waals surface area contributed by atoms with Crippen molar-refractivity contribution >= 4 is 17.8 Å². The molecule has 0 aliphatic carbocycles. The largest absolute Gasteiger partial charge is 0.479 e. The maximum atomic E-state index is 12.2. The summed E-state index contributed by atoms with van der Waals surface area (Å²) in [5, 5.41) is 55.6. The van der Waals surface area contributed by atoms with Gasteiger partial charge in [0, 0.05) is 13.8 Å². The van der Waals surface area contributed by atoms with Crippen LogP contribution in [0.3, 0.4) is 0 Å². The Morgan fingerprint density at radius 1 is 0.878 bits per heavy atom. The van der Waals surface area contributed by atoms with Crippen molar-refractivity contribution in [2.75, 3.05) is 13.2 Å². The molecule has 2 saturated heterocycles. The first-order chi connectivity index (χ1) is 19.5. The molecule has 0 spiro atoms. The third-order valence-corrected chi connectivity index (χ3v) is 6.70. The number of ether oxygens (including phenoxy) is 5. The minimum Gasteiger partial charge on any atom is -0.479 e. The Morgan fingerprint density at radius 2 is 1.46 bits per heavy atom. The van der Waals surface area contributed by atoms with Crippen molar-refractivity contribution in [3.63, 3.8) is 0 Å². The molecule has 15 heteroatoms. The number of carbonyl (C=O) groups excluding carboxylic acids is 2. The molecule has 0 saturated carbocycles. The van der Waals surface area contributed by atoms with Gasteiger partial charge < -0.3 is 59.9 Å². The molecule has 41 heavy (non-hydrogen) atoms. The average Bonchev–Trinajstić information content (AvgIpc) is 2.93. The van der Waals surface area contributed by atoms with Gasteiger partial charge in [0.25, 0.3) is 0 Å². The second kappa shape index (κ2) is 14.9. The molecule has 15 nitrogen and oxygen atoms in total. The number of hydrogen-bond acceptors (Lipinski definition) is 12. The molecule has 2 aliphatic rings. The van der Waals surface area contributed by atoms with Crippen LogP contribution in [-0.2, 0) is 44.7 Å². The number of carbonyl (C=O) groups is 3. The fourth-order valence-electron chi connectivity index (χ4n) is 4.70. The third-order valence-electron chi connectivity index (χ3n) is 6.70. The van der Waals surface area contributed by atoms with Gasteiger partial charge >= 0.3 is 5.97 Å². The number of rotatable bonds is 12. The summed E-state index contributed by atoms with van der Waals surface area (Å²) in [4.78, 5) is 35.9. The summed E-state index contributed by atoms with van der Waals surface area (Å²) in [5.74, 6) is -2.46. The van der Waals surface area contributed by atoms with Crippen LogP contribution in [0, 0.1) is 0 Å². The van der Waals surface area contributed by atoms with E-state index in [1.807, 2.05) is 6.07 Å². The van der Waals surface area contributed by atoms with Crippen LogP contribution in [-0.4, -0.2) is 124 Å². The smallest absolute Gasteiger partial charge is 0.332 e. The lowest BCUT2D eigenvalue weighted by atomic mass is 9.94. The monoisotopic (exact) mass is 586 g/mol. The predicted octanol–water partition coefficient (Wildman–Crippen LogP) is -2.39. The summed E-state index contributed by atoms with van der Waals surface area (Å²) in [6.45, 7) is 2.28. The van der Waals surface area contributed by atoms with Gasteiger partial charge in [-0.1, -0.05) is 30.3 Å². The van der Waals surface area contributed by atoms with Crippen molar-refractivity contribution in [2.45, 2.75) is 94.8 Å². The van der Waals surface area contributed by atoms with Gasteiger partial charge in [0.15, 0.2) is 18.7 Å². The molecule has 0 radical (unpaired) electrons. The lowest BCUT2D eigenvalue weighted by Crippen LogP contribution is -2.70. The van der Waals surface area contributed by atoms with Crippen LogP contribution in [0.5, 0.6) is 0 Å². The van der Waals surface area contributed by atoms with E-state index in [1.165, 1.54) is 13.8 Å². The van der Waals surface area contributed by atoms with E-state index in [9.17, 15) is 39.9 Å². The van der Waals surface area contributed by atoms with Crippen LogP contribution < -0.4 is 10.6 Å². The first-order valence-electron chi connectivity index (χ1n) is 13.1. The molecule has 11 atom stereocenters.